The maximum absolute atomic E-state index is 12.5. The summed E-state index contributed by atoms with van der Waals surface area (Å²) in [7, 11) is 3.36. The van der Waals surface area contributed by atoms with E-state index in [1.165, 1.54) is 0 Å². The van der Waals surface area contributed by atoms with Crippen LogP contribution in [-0.2, 0) is 0 Å². The Morgan fingerprint density at radius 3 is 2.57 bits per heavy atom. The predicted octanol–water partition coefficient (Wildman–Crippen LogP) is 2.61. The third-order valence-electron chi connectivity index (χ3n) is 3.73. The van der Waals surface area contributed by atoms with Crippen LogP contribution in [0.3, 0.4) is 0 Å². The largest absolute Gasteiger partial charge is 0.497 e. The number of para-hydroxylation sites is 2. The Hall–Kier alpha value is -2.69. The van der Waals surface area contributed by atoms with E-state index in [9.17, 15) is 4.79 Å². The van der Waals surface area contributed by atoms with E-state index in [-0.39, 0.29) is 12.0 Å². The van der Waals surface area contributed by atoms with Crippen molar-refractivity contribution >= 4 is 5.91 Å². The fourth-order valence-corrected chi connectivity index (χ4v) is 2.50. The van der Waals surface area contributed by atoms with Crippen LogP contribution in [0.5, 0.6) is 17.2 Å². The average Bonchev–Trinajstić information content (AvgIpc) is 2.61. The Balaban J connectivity index is 1.62. The van der Waals surface area contributed by atoms with Gasteiger partial charge in [-0.3, -0.25) is 4.79 Å². The average molecular weight is 313 g/mol. The number of fused-ring (bicyclic) bond motifs is 1. The van der Waals surface area contributed by atoms with Crippen LogP contribution in [0, 0.1) is 0 Å². The van der Waals surface area contributed by atoms with Crippen LogP contribution >= 0.6 is 0 Å². The first-order chi connectivity index (χ1) is 11.2. The summed E-state index contributed by atoms with van der Waals surface area (Å²) in [5.41, 5.74) is 0.616. The van der Waals surface area contributed by atoms with Gasteiger partial charge >= 0.3 is 0 Å². The van der Waals surface area contributed by atoms with Crippen molar-refractivity contribution in [3.8, 4) is 17.2 Å². The van der Waals surface area contributed by atoms with Gasteiger partial charge in [0.15, 0.2) is 17.6 Å². The standard InChI is InChI=1S/C18H19NO4/c1-19(18(20)13-7-9-14(21-2)10-8-13)11-15-12-22-16-5-3-4-6-17(16)23-15/h3-10,15H,11-12H2,1-2H3. The normalized spacial score (nSPS) is 15.8. The van der Waals surface area contributed by atoms with E-state index in [4.69, 9.17) is 14.2 Å². The second-order valence-corrected chi connectivity index (χ2v) is 5.41. The molecular formula is C18H19NO4. The quantitative estimate of drug-likeness (QED) is 0.870. The van der Waals surface area contributed by atoms with E-state index in [0.717, 1.165) is 11.5 Å². The zero-order chi connectivity index (χ0) is 16.2. The van der Waals surface area contributed by atoms with Crippen molar-refractivity contribution < 1.29 is 19.0 Å². The number of rotatable bonds is 4. The number of benzene rings is 2. The minimum Gasteiger partial charge on any atom is -0.497 e. The summed E-state index contributed by atoms with van der Waals surface area (Å²) in [4.78, 5) is 14.1. The number of hydrogen-bond donors (Lipinski definition) is 0. The number of carbonyl (C=O) groups excluding carboxylic acids is 1. The second-order valence-electron chi connectivity index (χ2n) is 5.41. The highest BCUT2D eigenvalue weighted by molar-refractivity contribution is 5.94. The van der Waals surface area contributed by atoms with Crippen LogP contribution in [0.1, 0.15) is 10.4 Å². The van der Waals surface area contributed by atoms with Gasteiger partial charge in [0.2, 0.25) is 0 Å². The lowest BCUT2D eigenvalue weighted by molar-refractivity contribution is 0.0521. The monoisotopic (exact) mass is 313 g/mol. The van der Waals surface area contributed by atoms with Crippen molar-refractivity contribution in [2.75, 3.05) is 27.3 Å². The molecule has 0 aromatic heterocycles. The van der Waals surface area contributed by atoms with E-state index in [2.05, 4.69) is 0 Å². The molecular weight excluding hydrogens is 294 g/mol. The molecule has 1 aliphatic rings. The highest BCUT2D eigenvalue weighted by atomic mass is 16.6. The van der Waals surface area contributed by atoms with Crippen LogP contribution in [0.4, 0.5) is 0 Å². The Bertz CT molecular complexity index is 684. The minimum atomic E-state index is -0.183. The Kier molecular flexibility index (Phi) is 4.37. The smallest absolute Gasteiger partial charge is 0.253 e. The molecule has 2 aromatic carbocycles. The first-order valence-electron chi connectivity index (χ1n) is 7.45. The maximum Gasteiger partial charge on any atom is 0.253 e. The van der Waals surface area contributed by atoms with E-state index < -0.39 is 0 Å². The molecule has 5 heteroatoms. The topological polar surface area (TPSA) is 48.0 Å². The van der Waals surface area contributed by atoms with Crippen LogP contribution in [0.15, 0.2) is 48.5 Å². The Morgan fingerprint density at radius 2 is 1.87 bits per heavy atom. The van der Waals surface area contributed by atoms with Gasteiger partial charge < -0.3 is 19.1 Å². The summed E-state index contributed by atoms with van der Waals surface area (Å²) < 4.78 is 16.7. The van der Waals surface area contributed by atoms with E-state index in [0.29, 0.717) is 24.5 Å². The molecule has 0 aliphatic carbocycles. The third-order valence-corrected chi connectivity index (χ3v) is 3.73. The highest BCUT2D eigenvalue weighted by Crippen LogP contribution is 2.31. The Morgan fingerprint density at radius 1 is 1.17 bits per heavy atom. The molecule has 0 spiro atoms. The van der Waals surface area contributed by atoms with Crippen molar-refractivity contribution in [2.24, 2.45) is 0 Å². The summed E-state index contributed by atoms with van der Waals surface area (Å²) in [5, 5.41) is 0. The van der Waals surface area contributed by atoms with E-state index >= 15 is 0 Å². The van der Waals surface area contributed by atoms with Crippen LogP contribution in [-0.4, -0.2) is 44.2 Å². The molecule has 2 aromatic rings. The zero-order valence-corrected chi connectivity index (χ0v) is 13.2. The van der Waals surface area contributed by atoms with Crippen molar-refractivity contribution in [3.63, 3.8) is 0 Å². The summed E-state index contributed by atoms with van der Waals surface area (Å²) in [6.07, 6.45) is -0.183. The number of amides is 1. The molecule has 3 rings (SSSR count). The summed E-state index contributed by atoms with van der Waals surface area (Å²) in [5.74, 6) is 2.13. The predicted molar refractivity (Wildman–Crippen MR) is 86.3 cm³/mol. The third kappa shape index (κ3) is 3.39. The second kappa shape index (κ2) is 6.60. The number of nitrogens with zero attached hydrogens (tertiary/aromatic N) is 1. The molecule has 0 saturated carbocycles. The molecule has 1 atom stereocenters. The molecule has 120 valence electrons. The van der Waals surface area contributed by atoms with Gasteiger partial charge in [-0.1, -0.05) is 12.1 Å². The minimum absolute atomic E-state index is 0.0601. The van der Waals surface area contributed by atoms with Gasteiger partial charge in [0.25, 0.3) is 5.91 Å². The van der Waals surface area contributed by atoms with Crippen molar-refractivity contribution in [2.45, 2.75) is 6.10 Å². The number of likely N-dealkylation sites (N-methyl/N-ethyl adjacent to an activating group) is 1. The van der Waals surface area contributed by atoms with Crippen LogP contribution in [0.2, 0.25) is 0 Å². The lowest BCUT2D eigenvalue weighted by Gasteiger charge is -2.29. The number of methoxy groups -OCH3 is 1. The molecule has 1 heterocycles. The van der Waals surface area contributed by atoms with Crippen molar-refractivity contribution in [3.05, 3.63) is 54.1 Å². The van der Waals surface area contributed by atoms with Gasteiger partial charge in [-0.2, -0.15) is 0 Å². The van der Waals surface area contributed by atoms with Crippen LogP contribution in [0.25, 0.3) is 0 Å². The summed E-state index contributed by atoms with van der Waals surface area (Å²) >= 11 is 0. The van der Waals surface area contributed by atoms with Gasteiger partial charge in [-0.15, -0.1) is 0 Å². The van der Waals surface area contributed by atoms with Crippen LogP contribution < -0.4 is 14.2 Å². The molecule has 23 heavy (non-hydrogen) atoms. The van der Waals surface area contributed by atoms with Crippen molar-refractivity contribution in [1.82, 2.24) is 4.90 Å². The van der Waals surface area contributed by atoms with E-state index in [1.807, 2.05) is 24.3 Å². The molecule has 1 amide bonds. The zero-order valence-electron chi connectivity index (χ0n) is 13.2. The molecule has 0 radical (unpaired) electrons. The maximum atomic E-state index is 12.5. The lowest BCUT2D eigenvalue weighted by Crippen LogP contribution is -2.41. The fraction of sp³-hybridized carbons (Fsp3) is 0.278. The van der Waals surface area contributed by atoms with Gasteiger partial charge in [0, 0.05) is 12.6 Å². The molecule has 1 unspecified atom stereocenters. The molecule has 1 aliphatic heterocycles. The molecule has 0 bridgehead atoms. The van der Waals surface area contributed by atoms with Gasteiger partial charge in [0.1, 0.15) is 12.4 Å². The lowest BCUT2D eigenvalue weighted by atomic mass is 10.2. The van der Waals surface area contributed by atoms with Gasteiger partial charge in [-0.25, -0.2) is 0 Å². The van der Waals surface area contributed by atoms with E-state index in [1.54, 1.807) is 43.3 Å². The molecule has 0 N–H and O–H groups in total. The molecule has 0 fully saturated rings. The molecule has 0 saturated heterocycles. The van der Waals surface area contributed by atoms with Crippen molar-refractivity contribution in [1.29, 1.82) is 0 Å². The molecule has 5 nitrogen and oxygen atoms in total. The first-order valence-corrected chi connectivity index (χ1v) is 7.45. The number of ether oxygens (including phenoxy) is 3. The Labute approximate surface area is 135 Å². The van der Waals surface area contributed by atoms with Gasteiger partial charge in [-0.05, 0) is 36.4 Å². The fourth-order valence-electron chi connectivity index (χ4n) is 2.50. The SMILES string of the molecule is COc1ccc(C(=O)N(C)CC2COc3ccccc3O2)cc1. The summed E-state index contributed by atoms with van der Waals surface area (Å²) in [6, 6.07) is 14.6. The highest BCUT2D eigenvalue weighted by Gasteiger charge is 2.24. The van der Waals surface area contributed by atoms with Gasteiger partial charge in [0.05, 0.1) is 13.7 Å². The summed E-state index contributed by atoms with van der Waals surface area (Å²) in [6.45, 7) is 0.885. The number of hydrogen-bond acceptors (Lipinski definition) is 4. The number of carbonyl (C=O) groups is 1. The first kappa shape index (κ1) is 15.2.